The third kappa shape index (κ3) is 5.60. The van der Waals surface area contributed by atoms with Gasteiger partial charge < -0.3 is 9.64 Å². The third-order valence-electron chi connectivity index (χ3n) is 6.64. The van der Waals surface area contributed by atoms with Crippen LogP contribution >= 0.6 is 0 Å². The lowest BCUT2D eigenvalue weighted by Gasteiger charge is -2.31. The van der Waals surface area contributed by atoms with Crippen LogP contribution in [0.1, 0.15) is 41.9 Å². The van der Waals surface area contributed by atoms with Crippen molar-refractivity contribution < 1.29 is 17.9 Å². The topological polar surface area (TPSA) is 15.7 Å². The van der Waals surface area contributed by atoms with Crippen molar-refractivity contribution in [2.24, 2.45) is 5.92 Å². The first-order valence-corrected chi connectivity index (χ1v) is 11.2. The van der Waals surface area contributed by atoms with Crippen LogP contribution < -0.4 is 4.74 Å². The molecular formula is C25H31F3N2O. The first-order chi connectivity index (χ1) is 14.9. The second-order valence-corrected chi connectivity index (χ2v) is 8.90. The molecule has 0 bridgehead atoms. The second-order valence-electron chi connectivity index (χ2n) is 8.90. The molecule has 0 unspecified atom stereocenters. The number of alkyl halides is 3. The minimum Gasteiger partial charge on any atom is -0.497 e. The van der Waals surface area contributed by atoms with Crippen LogP contribution in [0.4, 0.5) is 13.2 Å². The first kappa shape index (κ1) is 22.2. The average molecular weight is 433 g/mol. The summed E-state index contributed by atoms with van der Waals surface area (Å²) in [7, 11) is 1.66. The predicted octanol–water partition coefficient (Wildman–Crippen LogP) is 5.42. The zero-order valence-electron chi connectivity index (χ0n) is 18.1. The fraction of sp³-hybridized carbons (Fsp3) is 0.520. The molecule has 2 aromatic rings. The third-order valence-corrected chi connectivity index (χ3v) is 6.64. The average Bonchev–Trinajstić information content (AvgIpc) is 3.16. The van der Waals surface area contributed by atoms with Crippen LogP contribution in [0.2, 0.25) is 0 Å². The molecule has 0 spiro atoms. The van der Waals surface area contributed by atoms with E-state index in [9.17, 15) is 13.2 Å². The number of hydrogen-bond donors (Lipinski definition) is 0. The van der Waals surface area contributed by atoms with Gasteiger partial charge in [0.05, 0.1) is 12.7 Å². The van der Waals surface area contributed by atoms with Crippen molar-refractivity contribution in [1.82, 2.24) is 9.80 Å². The maximum absolute atomic E-state index is 13.3. The predicted molar refractivity (Wildman–Crippen MR) is 116 cm³/mol. The van der Waals surface area contributed by atoms with E-state index in [0.717, 1.165) is 50.6 Å². The quantitative estimate of drug-likeness (QED) is 0.607. The van der Waals surface area contributed by atoms with Gasteiger partial charge >= 0.3 is 6.18 Å². The molecule has 0 amide bonds. The number of hydrogen-bond acceptors (Lipinski definition) is 3. The number of rotatable bonds is 6. The maximum Gasteiger partial charge on any atom is 0.416 e. The van der Waals surface area contributed by atoms with Gasteiger partial charge in [-0.05, 0) is 61.2 Å². The first-order valence-electron chi connectivity index (χ1n) is 11.2. The Kier molecular flexibility index (Phi) is 6.87. The van der Waals surface area contributed by atoms with E-state index < -0.39 is 11.7 Å². The summed E-state index contributed by atoms with van der Waals surface area (Å²) in [5, 5.41) is 0. The van der Waals surface area contributed by atoms with E-state index in [1.54, 1.807) is 13.2 Å². The second kappa shape index (κ2) is 9.61. The summed E-state index contributed by atoms with van der Waals surface area (Å²) in [6, 6.07) is 14.0. The van der Waals surface area contributed by atoms with Crippen LogP contribution in [0.25, 0.3) is 0 Å². The molecule has 0 radical (unpaired) electrons. The van der Waals surface area contributed by atoms with Crippen molar-refractivity contribution in [2.45, 2.75) is 37.9 Å². The van der Waals surface area contributed by atoms with Gasteiger partial charge in [0, 0.05) is 32.1 Å². The Balaban J connectivity index is 1.54. The number of nitrogens with zero attached hydrogens (tertiary/aromatic N) is 2. The Hall–Kier alpha value is -2.05. The van der Waals surface area contributed by atoms with Gasteiger partial charge in [-0.1, -0.05) is 36.8 Å². The Morgan fingerprint density at radius 1 is 0.935 bits per heavy atom. The van der Waals surface area contributed by atoms with Crippen molar-refractivity contribution in [1.29, 1.82) is 0 Å². The van der Waals surface area contributed by atoms with E-state index >= 15 is 0 Å². The Bertz CT molecular complexity index is 864. The van der Waals surface area contributed by atoms with Gasteiger partial charge in [-0.2, -0.15) is 13.2 Å². The van der Waals surface area contributed by atoms with E-state index in [4.69, 9.17) is 4.74 Å². The number of piperidine rings is 1. The summed E-state index contributed by atoms with van der Waals surface area (Å²) >= 11 is 0. The molecule has 6 heteroatoms. The van der Waals surface area contributed by atoms with Crippen molar-refractivity contribution in [2.75, 3.05) is 39.8 Å². The monoisotopic (exact) mass is 432 g/mol. The van der Waals surface area contributed by atoms with Crippen LogP contribution in [0.15, 0.2) is 48.5 Å². The summed E-state index contributed by atoms with van der Waals surface area (Å²) in [4.78, 5) is 4.89. The smallest absolute Gasteiger partial charge is 0.416 e. The fourth-order valence-corrected chi connectivity index (χ4v) is 5.10. The standard InChI is InChI=1S/C25H31F3N2O/c1-31-23-10-5-7-19(13-23)15-30-17-21(16-29-11-3-2-4-12-29)24(18-30)20-8-6-9-22(14-20)25(26,27)28/h5-10,13-14,21,24H,2-4,11-12,15-18H2,1H3/t21-,24-/m0/s1. The van der Waals surface area contributed by atoms with Gasteiger partial charge in [-0.15, -0.1) is 0 Å². The van der Waals surface area contributed by atoms with Crippen molar-refractivity contribution in [3.8, 4) is 5.75 Å². The molecule has 168 valence electrons. The van der Waals surface area contributed by atoms with E-state index in [1.165, 1.54) is 37.0 Å². The highest BCUT2D eigenvalue weighted by atomic mass is 19.4. The number of halogens is 3. The van der Waals surface area contributed by atoms with Gasteiger partial charge in [0.15, 0.2) is 0 Å². The Morgan fingerprint density at radius 2 is 1.71 bits per heavy atom. The molecule has 31 heavy (non-hydrogen) atoms. The SMILES string of the molecule is COc1cccc(CN2C[C@H](CN3CCCCC3)[C@H](c3cccc(C(F)(F)F)c3)C2)c1. The maximum atomic E-state index is 13.3. The lowest BCUT2D eigenvalue weighted by molar-refractivity contribution is -0.137. The van der Waals surface area contributed by atoms with Crippen LogP contribution in [0.3, 0.4) is 0 Å². The molecular weight excluding hydrogens is 401 g/mol. The zero-order valence-corrected chi connectivity index (χ0v) is 18.1. The molecule has 2 aliphatic heterocycles. The van der Waals surface area contributed by atoms with Crippen LogP contribution in [-0.2, 0) is 12.7 Å². The van der Waals surface area contributed by atoms with Crippen LogP contribution in [0, 0.1) is 5.92 Å². The zero-order chi connectivity index (χ0) is 21.8. The minimum atomic E-state index is -4.31. The molecule has 2 aliphatic rings. The largest absolute Gasteiger partial charge is 0.497 e. The molecule has 2 saturated heterocycles. The van der Waals surface area contributed by atoms with Gasteiger partial charge in [0.25, 0.3) is 0 Å². The van der Waals surface area contributed by atoms with E-state index in [1.807, 2.05) is 24.3 Å². The fourth-order valence-electron chi connectivity index (χ4n) is 5.10. The highest BCUT2D eigenvalue weighted by Crippen LogP contribution is 2.37. The Morgan fingerprint density at radius 3 is 2.45 bits per heavy atom. The molecule has 0 aliphatic carbocycles. The van der Waals surface area contributed by atoms with Gasteiger partial charge in [-0.3, -0.25) is 4.90 Å². The molecule has 2 heterocycles. The highest BCUT2D eigenvalue weighted by molar-refractivity contribution is 5.31. The van der Waals surface area contributed by atoms with Crippen molar-refractivity contribution in [3.63, 3.8) is 0 Å². The molecule has 2 aromatic carbocycles. The van der Waals surface area contributed by atoms with Crippen LogP contribution in [-0.4, -0.2) is 49.6 Å². The van der Waals surface area contributed by atoms with Crippen molar-refractivity contribution in [3.05, 3.63) is 65.2 Å². The summed E-state index contributed by atoms with van der Waals surface area (Å²) in [5.74, 6) is 1.26. The summed E-state index contributed by atoms with van der Waals surface area (Å²) in [6.07, 6.45) is -0.597. The molecule has 4 rings (SSSR count). The normalized spacial score (nSPS) is 23.2. The summed E-state index contributed by atoms with van der Waals surface area (Å²) < 4.78 is 45.3. The summed E-state index contributed by atoms with van der Waals surface area (Å²) in [5.41, 5.74) is 1.43. The number of benzene rings is 2. The molecule has 2 atom stereocenters. The lowest BCUT2D eigenvalue weighted by Crippen LogP contribution is -2.36. The van der Waals surface area contributed by atoms with Crippen molar-refractivity contribution >= 4 is 0 Å². The molecule has 0 N–H and O–H groups in total. The van der Waals surface area contributed by atoms with E-state index in [-0.39, 0.29) is 5.92 Å². The number of methoxy groups -OCH3 is 1. The van der Waals surface area contributed by atoms with Gasteiger partial charge in [0.1, 0.15) is 5.75 Å². The molecule has 3 nitrogen and oxygen atoms in total. The van der Waals surface area contributed by atoms with E-state index in [0.29, 0.717) is 5.92 Å². The molecule has 0 aromatic heterocycles. The minimum absolute atomic E-state index is 0.106. The van der Waals surface area contributed by atoms with Gasteiger partial charge in [0.2, 0.25) is 0 Å². The molecule has 0 saturated carbocycles. The number of ether oxygens (including phenoxy) is 1. The Labute approximate surface area is 182 Å². The van der Waals surface area contributed by atoms with Gasteiger partial charge in [-0.25, -0.2) is 0 Å². The van der Waals surface area contributed by atoms with Crippen LogP contribution in [0.5, 0.6) is 5.75 Å². The van der Waals surface area contributed by atoms with E-state index in [2.05, 4.69) is 15.9 Å². The number of likely N-dealkylation sites (tertiary alicyclic amines) is 2. The highest BCUT2D eigenvalue weighted by Gasteiger charge is 2.37. The lowest BCUT2D eigenvalue weighted by atomic mass is 9.87. The summed E-state index contributed by atoms with van der Waals surface area (Å²) in [6.45, 7) is 5.60. The molecule has 2 fully saturated rings.